The van der Waals surface area contributed by atoms with Crippen LogP contribution in [0.2, 0.25) is 0 Å². The van der Waals surface area contributed by atoms with Gasteiger partial charge >= 0.3 is 0 Å². The van der Waals surface area contributed by atoms with Crippen LogP contribution < -0.4 is 0 Å². The molecule has 0 fully saturated rings. The highest BCUT2D eigenvalue weighted by Crippen LogP contribution is 2.25. The topological polar surface area (TPSA) is 33.0 Å². The maximum atomic E-state index is 8.75. The molecule has 2 heteroatoms. The van der Waals surface area contributed by atoms with Crippen LogP contribution in [0.4, 0.5) is 0 Å². The molecule has 16 heavy (non-hydrogen) atoms. The highest BCUT2D eigenvalue weighted by molar-refractivity contribution is 5.68. The van der Waals surface area contributed by atoms with Gasteiger partial charge in [0.15, 0.2) is 0 Å². The lowest BCUT2D eigenvalue weighted by Crippen LogP contribution is -1.98. The fraction of sp³-hybridized carbons (Fsp3) is 0.357. The molecule has 0 spiro atoms. The highest BCUT2D eigenvalue weighted by Gasteiger charge is 2.10. The van der Waals surface area contributed by atoms with Gasteiger partial charge in [0.2, 0.25) is 0 Å². The van der Waals surface area contributed by atoms with Gasteiger partial charge in [-0.3, -0.25) is 0 Å². The number of aryl methyl sites for hydroxylation is 3. The van der Waals surface area contributed by atoms with E-state index in [-0.39, 0.29) is 0 Å². The van der Waals surface area contributed by atoms with E-state index in [0.29, 0.717) is 12.4 Å². The first-order valence-corrected chi connectivity index (χ1v) is 5.41. The minimum atomic E-state index is 0.570. The Morgan fingerprint density at radius 3 is 2.31 bits per heavy atom. The minimum absolute atomic E-state index is 0.570. The molecule has 1 rings (SSSR count). The summed E-state index contributed by atoms with van der Waals surface area (Å²) >= 11 is 0. The number of nitrogens with zero attached hydrogens (tertiary/aromatic N) is 1. The third-order valence-electron chi connectivity index (χ3n) is 2.42. The third-order valence-corrected chi connectivity index (χ3v) is 2.42. The highest BCUT2D eigenvalue weighted by atomic mass is 16.5. The van der Waals surface area contributed by atoms with Crippen molar-refractivity contribution in [3.8, 4) is 6.07 Å². The molecular formula is C14H17NO. The molecule has 2 nitrogen and oxygen atoms in total. The van der Waals surface area contributed by atoms with Gasteiger partial charge in [-0.2, -0.15) is 5.26 Å². The van der Waals surface area contributed by atoms with Crippen molar-refractivity contribution in [2.75, 3.05) is 6.61 Å². The maximum absolute atomic E-state index is 8.75. The summed E-state index contributed by atoms with van der Waals surface area (Å²) in [6, 6.07) is 6.24. The van der Waals surface area contributed by atoms with Gasteiger partial charge in [-0.05, 0) is 38.8 Å². The van der Waals surface area contributed by atoms with E-state index in [1.54, 1.807) is 0 Å². The Bertz CT molecular complexity index is 429. The Morgan fingerprint density at radius 2 is 1.88 bits per heavy atom. The average Bonchev–Trinajstić information content (AvgIpc) is 2.16. The van der Waals surface area contributed by atoms with Crippen LogP contribution in [-0.2, 0) is 4.74 Å². The first kappa shape index (κ1) is 12.3. The molecular weight excluding hydrogens is 198 g/mol. The monoisotopic (exact) mass is 215 g/mol. The first-order valence-electron chi connectivity index (χ1n) is 5.41. The molecule has 1 aromatic carbocycles. The van der Waals surface area contributed by atoms with Gasteiger partial charge in [0.1, 0.15) is 5.76 Å². The van der Waals surface area contributed by atoms with Crippen LogP contribution in [0.15, 0.2) is 18.2 Å². The quantitative estimate of drug-likeness (QED) is 0.571. The largest absolute Gasteiger partial charge is 0.492 e. The van der Waals surface area contributed by atoms with Crippen molar-refractivity contribution in [3.63, 3.8) is 0 Å². The van der Waals surface area contributed by atoms with Crippen molar-refractivity contribution in [1.29, 1.82) is 5.26 Å². The zero-order valence-electron chi connectivity index (χ0n) is 10.3. The Hall–Kier alpha value is -1.75. The molecule has 0 aliphatic carbocycles. The summed E-state index contributed by atoms with van der Waals surface area (Å²) in [4.78, 5) is 0. The lowest BCUT2D eigenvalue weighted by atomic mass is 9.98. The Balaban J connectivity index is 3.31. The van der Waals surface area contributed by atoms with Gasteiger partial charge < -0.3 is 4.74 Å². The standard InChI is InChI=1S/C14H17NO/c1-5-16-13(6-7-15)14-11(3)8-10(2)9-12(14)4/h6,8-9H,5H2,1-4H3/b13-6-. The van der Waals surface area contributed by atoms with Crippen LogP contribution in [0.5, 0.6) is 0 Å². The average molecular weight is 215 g/mol. The normalized spacial score (nSPS) is 11.1. The zero-order chi connectivity index (χ0) is 12.1. The second-order valence-electron chi connectivity index (χ2n) is 3.84. The molecule has 0 amide bonds. The molecule has 1 aromatic rings. The minimum Gasteiger partial charge on any atom is -0.492 e. The summed E-state index contributed by atoms with van der Waals surface area (Å²) < 4.78 is 5.51. The second kappa shape index (κ2) is 5.37. The molecule has 0 aliphatic heterocycles. The van der Waals surface area contributed by atoms with Crippen molar-refractivity contribution in [2.24, 2.45) is 0 Å². The van der Waals surface area contributed by atoms with Crippen molar-refractivity contribution >= 4 is 5.76 Å². The van der Waals surface area contributed by atoms with E-state index in [1.807, 2.05) is 26.8 Å². The van der Waals surface area contributed by atoms with Gasteiger partial charge in [-0.25, -0.2) is 0 Å². The lowest BCUT2D eigenvalue weighted by Gasteiger charge is -2.14. The predicted molar refractivity (Wildman–Crippen MR) is 65.9 cm³/mol. The molecule has 0 atom stereocenters. The number of hydrogen-bond donors (Lipinski definition) is 0. The fourth-order valence-corrected chi connectivity index (χ4v) is 1.97. The third kappa shape index (κ3) is 2.64. The molecule has 0 radical (unpaired) electrons. The van der Waals surface area contributed by atoms with Gasteiger partial charge in [-0.15, -0.1) is 0 Å². The molecule has 84 valence electrons. The number of benzene rings is 1. The molecule has 0 aliphatic rings. The summed E-state index contributed by atoms with van der Waals surface area (Å²) in [5.74, 6) is 0.667. The van der Waals surface area contributed by atoms with E-state index >= 15 is 0 Å². The fourth-order valence-electron chi connectivity index (χ4n) is 1.97. The number of allylic oxidation sites excluding steroid dienone is 1. The molecule has 0 saturated heterocycles. The predicted octanol–water partition coefficient (Wildman–Crippen LogP) is 3.51. The summed E-state index contributed by atoms with van der Waals surface area (Å²) in [6.07, 6.45) is 1.47. The van der Waals surface area contributed by atoms with E-state index in [1.165, 1.54) is 11.6 Å². The van der Waals surface area contributed by atoms with Gasteiger partial charge in [0.05, 0.1) is 18.8 Å². The molecule has 0 N–H and O–H groups in total. The van der Waals surface area contributed by atoms with Crippen molar-refractivity contribution < 1.29 is 4.74 Å². The molecule has 0 saturated carbocycles. The van der Waals surface area contributed by atoms with Crippen LogP contribution in [-0.4, -0.2) is 6.61 Å². The van der Waals surface area contributed by atoms with Crippen LogP contribution in [0.3, 0.4) is 0 Å². The summed E-state index contributed by atoms with van der Waals surface area (Å²) in [5, 5.41) is 8.75. The van der Waals surface area contributed by atoms with Crippen LogP contribution in [0, 0.1) is 32.1 Å². The van der Waals surface area contributed by atoms with Gasteiger partial charge in [0.25, 0.3) is 0 Å². The number of hydrogen-bond acceptors (Lipinski definition) is 2. The number of rotatable bonds is 3. The summed E-state index contributed by atoms with van der Waals surface area (Å²) in [5.41, 5.74) is 4.56. The Kier molecular flexibility index (Phi) is 4.13. The second-order valence-corrected chi connectivity index (χ2v) is 3.84. The maximum Gasteiger partial charge on any atom is 0.137 e. The SMILES string of the molecule is CCO/C(=C\C#N)c1c(C)cc(C)cc1C. The smallest absolute Gasteiger partial charge is 0.137 e. The van der Waals surface area contributed by atoms with Crippen molar-refractivity contribution in [3.05, 3.63) is 40.5 Å². The lowest BCUT2D eigenvalue weighted by molar-refractivity contribution is 0.298. The van der Waals surface area contributed by atoms with E-state index < -0.39 is 0 Å². The van der Waals surface area contributed by atoms with Crippen LogP contribution >= 0.6 is 0 Å². The number of nitriles is 1. The molecule has 0 aromatic heterocycles. The van der Waals surface area contributed by atoms with Crippen molar-refractivity contribution in [2.45, 2.75) is 27.7 Å². The summed E-state index contributed by atoms with van der Waals surface area (Å²) in [7, 11) is 0. The van der Waals surface area contributed by atoms with E-state index in [4.69, 9.17) is 10.00 Å². The van der Waals surface area contributed by atoms with E-state index in [0.717, 1.165) is 16.7 Å². The van der Waals surface area contributed by atoms with Crippen LogP contribution in [0.25, 0.3) is 5.76 Å². The Morgan fingerprint density at radius 1 is 1.31 bits per heavy atom. The molecule has 0 bridgehead atoms. The van der Waals surface area contributed by atoms with Crippen molar-refractivity contribution in [1.82, 2.24) is 0 Å². The number of ether oxygens (including phenoxy) is 1. The molecule has 0 heterocycles. The zero-order valence-corrected chi connectivity index (χ0v) is 10.3. The molecule has 0 unspecified atom stereocenters. The van der Waals surface area contributed by atoms with E-state index in [9.17, 15) is 0 Å². The van der Waals surface area contributed by atoms with Gasteiger partial charge in [-0.1, -0.05) is 17.7 Å². The van der Waals surface area contributed by atoms with Gasteiger partial charge in [0, 0.05) is 5.56 Å². The van der Waals surface area contributed by atoms with E-state index in [2.05, 4.69) is 19.1 Å². The first-order chi connectivity index (χ1) is 7.60. The Labute approximate surface area is 97.2 Å². The van der Waals surface area contributed by atoms with Crippen LogP contribution in [0.1, 0.15) is 29.2 Å². The summed E-state index contributed by atoms with van der Waals surface area (Å²) in [6.45, 7) is 8.64.